The Hall–Kier alpha value is -2.33. The molecule has 0 fully saturated rings. The maximum Gasteiger partial charge on any atom is 0.255 e. The number of amides is 1. The topological polar surface area (TPSA) is 58.6 Å². The minimum Gasteiger partial charge on any atom is -0.492 e. The van der Waals surface area contributed by atoms with Gasteiger partial charge in [-0.25, -0.2) is 0 Å². The van der Waals surface area contributed by atoms with E-state index in [1.807, 2.05) is 36.4 Å². The molecule has 23 heavy (non-hydrogen) atoms. The first-order valence-electron chi connectivity index (χ1n) is 7.98. The normalized spacial score (nSPS) is 14.0. The van der Waals surface area contributed by atoms with Crippen LogP contribution in [0, 0.1) is 0 Å². The quantitative estimate of drug-likeness (QED) is 0.892. The molecule has 1 atom stereocenters. The van der Waals surface area contributed by atoms with E-state index in [4.69, 9.17) is 4.74 Å². The molecule has 1 amide bonds. The van der Waals surface area contributed by atoms with Crippen LogP contribution in [0.4, 0.5) is 0 Å². The maximum atomic E-state index is 12.6. The van der Waals surface area contributed by atoms with Crippen molar-refractivity contribution in [2.45, 2.75) is 25.8 Å². The summed E-state index contributed by atoms with van der Waals surface area (Å²) < 4.78 is 5.58. The monoisotopic (exact) mass is 311 g/mol. The summed E-state index contributed by atoms with van der Waals surface area (Å²) in [6.45, 7) is 2.56. The van der Waals surface area contributed by atoms with Gasteiger partial charge < -0.3 is 15.2 Å². The van der Waals surface area contributed by atoms with Crippen LogP contribution in [0.15, 0.2) is 42.5 Å². The number of ether oxygens (including phenoxy) is 1. The largest absolute Gasteiger partial charge is 0.492 e. The van der Waals surface area contributed by atoms with Gasteiger partial charge in [-0.1, -0.05) is 43.3 Å². The summed E-state index contributed by atoms with van der Waals surface area (Å²) in [6, 6.07) is 13.1. The third-order valence-electron chi connectivity index (χ3n) is 4.24. The zero-order valence-electron chi connectivity index (χ0n) is 13.2. The number of hydrogen-bond acceptors (Lipinski definition) is 3. The van der Waals surface area contributed by atoms with Crippen molar-refractivity contribution in [2.75, 3.05) is 13.2 Å². The Morgan fingerprint density at radius 2 is 2.04 bits per heavy atom. The van der Waals surface area contributed by atoms with E-state index >= 15 is 0 Å². The maximum absolute atomic E-state index is 12.6. The third kappa shape index (κ3) is 3.22. The molecular weight excluding hydrogens is 290 g/mol. The Balaban J connectivity index is 1.79. The van der Waals surface area contributed by atoms with Crippen LogP contribution < -0.4 is 10.1 Å². The fourth-order valence-corrected chi connectivity index (χ4v) is 2.85. The lowest BCUT2D eigenvalue weighted by Gasteiger charge is -2.18. The first-order valence-corrected chi connectivity index (χ1v) is 7.98. The molecule has 0 aliphatic carbocycles. The lowest BCUT2D eigenvalue weighted by Crippen LogP contribution is -2.31. The number of hydrogen-bond donors (Lipinski definition) is 2. The van der Waals surface area contributed by atoms with Crippen molar-refractivity contribution in [3.8, 4) is 5.75 Å². The minimum atomic E-state index is -0.425. The van der Waals surface area contributed by atoms with Crippen LogP contribution in [0.1, 0.15) is 40.0 Å². The minimum absolute atomic E-state index is 0.146. The van der Waals surface area contributed by atoms with Crippen molar-refractivity contribution in [2.24, 2.45) is 0 Å². The van der Waals surface area contributed by atoms with E-state index in [9.17, 15) is 9.90 Å². The summed E-state index contributed by atoms with van der Waals surface area (Å²) in [5, 5.41) is 12.5. The number of aliphatic hydroxyl groups excluding tert-OH is 1. The zero-order chi connectivity index (χ0) is 16.2. The van der Waals surface area contributed by atoms with Crippen LogP contribution in [0.2, 0.25) is 0 Å². The molecule has 2 N–H and O–H groups in total. The van der Waals surface area contributed by atoms with Crippen molar-refractivity contribution in [3.63, 3.8) is 0 Å². The van der Waals surface area contributed by atoms with Gasteiger partial charge in [0.1, 0.15) is 5.75 Å². The lowest BCUT2D eigenvalue weighted by atomic mass is 10.0. The molecule has 0 spiro atoms. The van der Waals surface area contributed by atoms with Gasteiger partial charge in [-0.2, -0.15) is 0 Å². The van der Waals surface area contributed by atoms with Crippen LogP contribution in [-0.2, 0) is 12.8 Å². The van der Waals surface area contributed by atoms with Gasteiger partial charge in [0.05, 0.1) is 24.8 Å². The Morgan fingerprint density at radius 3 is 2.74 bits per heavy atom. The SMILES string of the molecule is CCc1ccc(C(CO)NC(=O)c2cccc3c2OCC3)cc1. The van der Waals surface area contributed by atoms with Gasteiger partial charge in [0, 0.05) is 6.42 Å². The second-order valence-electron chi connectivity index (χ2n) is 5.70. The van der Waals surface area contributed by atoms with Gasteiger partial charge >= 0.3 is 0 Å². The van der Waals surface area contributed by atoms with Crippen molar-refractivity contribution in [3.05, 3.63) is 64.7 Å². The van der Waals surface area contributed by atoms with E-state index in [-0.39, 0.29) is 12.5 Å². The molecule has 0 radical (unpaired) electrons. The summed E-state index contributed by atoms with van der Waals surface area (Å²) in [4.78, 5) is 12.6. The highest BCUT2D eigenvalue weighted by Gasteiger charge is 2.22. The first kappa shape index (κ1) is 15.6. The number of carbonyl (C=O) groups is 1. The van der Waals surface area contributed by atoms with E-state index in [0.29, 0.717) is 17.9 Å². The number of carbonyl (C=O) groups excluding carboxylic acids is 1. The fraction of sp³-hybridized carbons (Fsp3) is 0.316. The number of aliphatic hydroxyl groups is 1. The predicted octanol–water partition coefficient (Wildman–Crippen LogP) is 2.65. The molecule has 0 saturated carbocycles. The molecule has 2 aromatic rings. The highest BCUT2D eigenvalue weighted by Crippen LogP contribution is 2.29. The van der Waals surface area contributed by atoms with Gasteiger partial charge in [0.25, 0.3) is 5.91 Å². The van der Waals surface area contributed by atoms with Gasteiger partial charge in [-0.05, 0) is 29.2 Å². The molecule has 1 unspecified atom stereocenters. The summed E-state index contributed by atoms with van der Waals surface area (Å²) >= 11 is 0. The smallest absolute Gasteiger partial charge is 0.255 e. The van der Waals surface area contributed by atoms with E-state index in [1.54, 1.807) is 6.07 Å². The highest BCUT2D eigenvalue weighted by atomic mass is 16.5. The number of rotatable bonds is 5. The average molecular weight is 311 g/mol. The number of fused-ring (bicyclic) bond motifs is 1. The van der Waals surface area contributed by atoms with Crippen molar-refractivity contribution >= 4 is 5.91 Å². The summed E-state index contributed by atoms with van der Waals surface area (Å²) in [5.74, 6) is 0.449. The average Bonchev–Trinajstić information content (AvgIpc) is 3.08. The zero-order valence-corrected chi connectivity index (χ0v) is 13.2. The number of para-hydroxylation sites is 1. The van der Waals surface area contributed by atoms with E-state index in [1.165, 1.54) is 5.56 Å². The molecule has 1 heterocycles. The van der Waals surface area contributed by atoms with E-state index < -0.39 is 6.04 Å². The van der Waals surface area contributed by atoms with Crippen LogP contribution in [-0.4, -0.2) is 24.2 Å². The highest BCUT2D eigenvalue weighted by molar-refractivity contribution is 5.97. The van der Waals surface area contributed by atoms with Gasteiger partial charge in [-0.3, -0.25) is 4.79 Å². The van der Waals surface area contributed by atoms with Crippen LogP contribution in [0.5, 0.6) is 5.75 Å². The second kappa shape index (κ2) is 6.84. The molecule has 3 rings (SSSR count). The number of nitrogens with one attached hydrogen (secondary N) is 1. The van der Waals surface area contributed by atoms with E-state index in [2.05, 4.69) is 12.2 Å². The lowest BCUT2D eigenvalue weighted by molar-refractivity contribution is 0.0913. The van der Waals surface area contributed by atoms with Gasteiger partial charge in [-0.15, -0.1) is 0 Å². The molecule has 4 nitrogen and oxygen atoms in total. The molecule has 0 aromatic heterocycles. The molecule has 1 aliphatic heterocycles. The Morgan fingerprint density at radius 1 is 1.26 bits per heavy atom. The molecule has 120 valence electrons. The summed E-state index contributed by atoms with van der Waals surface area (Å²) in [5.41, 5.74) is 3.71. The van der Waals surface area contributed by atoms with Crippen molar-refractivity contribution < 1.29 is 14.6 Å². The number of aryl methyl sites for hydroxylation is 1. The van der Waals surface area contributed by atoms with Crippen molar-refractivity contribution in [1.82, 2.24) is 5.32 Å². The van der Waals surface area contributed by atoms with Crippen molar-refractivity contribution in [1.29, 1.82) is 0 Å². The van der Waals surface area contributed by atoms with E-state index in [0.717, 1.165) is 24.0 Å². The Kier molecular flexibility index (Phi) is 4.63. The Labute approximate surface area is 136 Å². The molecule has 2 aromatic carbocycles. The second-order valence-corrected chi connectivity index (χ2v) is 5.70. The summed E-state index contributed by atoms with van der Waals surface area (Å²) in [7, 11) is 0. The van der Waals surface area contributed by atoms with Crippen LogP contribution >= 0.6 is 0 Å². The standard InChI is InChI=1S/C19H21NO3/c1-2-13-6-8-14(9-7-13)17(12-21)20-19(22)16-5-3-4-15-10-11-23-18(15)16/h3-9,17,21H,2,10-12H2,1H3,(H,20,22). The summed E-state index contributed by atoms with van der Waals surface area (Å²) in [6.07, 6.45) is 1.79. The fourth-order valence-electron chi connectivity index (χ4n) is 2.85. The van der Waals surface area contributed by atoms with Crippen LogP contribution in [0.25, 0.3) is 0 Å². The van der Waals surface area contributed by atoms with Gasteiger partial charge in [0.2, 0.25) is 0 Å². The number of benzene rings is 2. The third-order valence-corrected chi connectivity index (χ3v) is 4.24. The predicted molar refractivity (Wildman–Crippen MR) is 88.8 cm³/mol. The molecule has 4 heteroatoms. The molecule has 1 aliphatic rings. The van der Waals surface area contributed by atoms with Gasteiger partial charge in [0.15, 0.2) is 0 Å². The molecule has 0 bridgehead atoms. The first-order chi connectivity index (χ1) is 11.2. The van der Waals surface area contributed by atoms with Crippen LogP contribution in [0.3, 0.4) is 0 Å². The molecular formula is C19H21NO3. The molecule has 0 saturated heterocycles. The Bertz CT molecular complexity index is 694.